The highest BCUT2D eigenvalue weighted by Gasteiger charge is 2.34. The third-order valence-electron chi connectivity index (χ3n) is 3.94. The van der Waals surface area contributed by atoms with Gasteiger partial charge < -0.3 is 5.32 Å². The second-order valence-electron chi connectivity index (χ2n) is 6.28. The molecule has 0 unspecified atom stereocenters. The van der Waals surface area contributed by atoms with Crippen LogP contribution in [0.2, 0.25) is 0 Å². The lowest BCUT2D eigenvalue weighted by Crippen LogP contribution is -2.46. The summed E-state index contributed by atoms with van der Waals surface area (Å²) in [5, 5.41) is 2.88. The molecule has 1 heterocycles. The molecule has 0 bridgehead atoms. The fourth-order valence-electron chi connectivity index (χ4n) is 2.82. The molecule has 1 aliphatic rings. The van der Waals surface area contributed by atoms with Gasteiger partial charge in [0.2, 0.25) is 15.9 Å². The summed E-state index contributed by atoms with van der Waals surface area (Å²) in [7, 11) is -3.57. The summed E-state index contributed by atoms with van der Waals surface area (Å²) in [6.45, 7) is 6.30. The van der Waals surface area contributed by atoms with E-state index >= 15 is 0 Å². The Morgan fingerprint density at radius 2 is 2.09 bits per heavy atom. The highest BCUT2D eigenvalue weighted by molar-refractivity contribution is 9.10. The first-order chi connectivity index (χ1) is 10.7. The molecule has 1 saturated heterocycles. The summed E-state index contributed by atoms with van der Waals surface area (Å²) in [6, 6.07) is 5.20. The number of aryl methyl sites for hydroxylation is 1. The largest absolute Gasteiger partial charge is 0.354 e. The molecule has 1 amide bonds. The van der Waals surface area contributed by atoms with E-state index in [1.54, 1.807) is 25.1 Å². The van der Waals surface area contributed by atoms with E-state index in [1.165, 1.54) is 4.31 Å². The van der Waals surface area contributed by atoms with Gasteiger partial charge in [-0.1, -0.05) is 15.9 Å². The molecule has 1 aromatic rings. The Labute approximate surface area is 146 Å². The number of nitrogens with one attached hydrogen (secondary N) is 1. The zero-order chi connectivity index (χ0) is 17.2. The quantitative estimate of drug-likeness (QED) is 0.841. The number of carbonyl (C=O) groups is 1. The van der Waals surface area contributed by atoms with Crippen molar-refractivity contribution in [3.8, 4) is 0 Å². The number of halogens is 1. The smallest absolute Gasteiger partial charge is 0.243 e. The molecule has 1 fully saturated rings. The van der Waals surface area contributed by atoms with Crippen LogP contribution in [0.25, 0.3) is 0 Å². The first-order valence-electron chi connectivity index (χ1n) is 7.78. The molecule has 0 aliphatic carbocycles. The van der Waals surface area contributed by atoms with Crippen molar-refractivity contribution in [1.82, 2.24) is 9.62 Å². The number of carbonyl (C=O) groups excluding carboxylic acids is 1. The van der Waals surface area contributed by atoms with E-state index < -0.39 is 10.0 Å². The zero-order valence-corrected chi connectivity index (χ0v) is 16.1. The first kappa shape index (κ1) is 18.4. The molecule has 1 aliphatic heterocycles. The topological polar surface area (TPSA) is 66.5 Å². The minimum atomic E-state index is -3.57. The summed E-state index contributed by atoms with van der Waals surface area (Å²) in [5.41, 5.74) is 0.702. The molecule has 128 valence electrons. The average molecular weight is 403 g/mol. The van der Waals surface area contributed by atoms with Crippen molar-refractivity contribution in [2.75, 3.05) is 13.1 Å². The van der Waals surface area contributed by atoms with E-state index in [1.807, 2.05) is 13.8 Å². The Bertz CT molecular complexity index is 689. The van der Waals surface area contributed by atoms with Gasteiger partial charge in [0, 0.05) is 23.6 Å². The second-order valence-corrected chi connectivity index (χ2v) is 9.10. The van der Waals surface area contributed by atoms with Gasteiger partial charge in [-0.25, -0.2) is 8.42 Å². The third kappa shape index (κ3) is 4.33. The van der Waals surface area contributed by atoms with E-state index in [0.717, 1.165) is 10.9 Å². The predicted octanol–water partition coefficient (Wildman–Crippen LogP) is 2.68. The normalized spacial score (nSPS) is 19.8. The van der Waals surface area contributed by atoms with Gasteiger partial charge >= 0.3 is 0 Å². The standard InChI is InChI=1S/C16H23BrN2O3S/c1-11(2)18-16(20)13-5-4-8-19(10-13)23(21,22)15-7-6-14(17)9-12(15)3/h6-7,9,11,13H,4-5,8,10H2,1-3H3,(H,18,20)/t13-/m0/s1. The summed E-state index contributed by atoms with van der Waals surface area (Å²) in [5.74, 6) is -0.343. The Hall–Kier alpha value is -0.920. The van der Waals surface area contributed by atoms with Crippen LogP contribution in [0.5, 0.6) is 0 Å². The monoisotopic (exact) mass is 402 g/mol. The van der Waals surface area contributed by atoms with Gasteiger partial charge in [0.15, 0.2) is 0 Å². The van der Waals surface area contributed by atoms with Crippen LogP contribution in [0.1, 0.15) is 32.3 Å². The predicted molar refractivity (Wildman–Crippen MR) is 93.6 cm³/mol. The summed E-state index contributed by atoms with van der Waals surface area (Å²) < 4.78 is 28.1. The van der Waals surface area contributed by atoms with Gasteiger partial charge in [0.25, 0.3) is 0 Å². The molecule has 0 radical (unpaired) electrons. The van der Waals surface area contributed by atoms with Crippen molar-refractivity contribution in [3.63, 3.8) is 0 Å². The van der Waals surface area contributed by atoms with Gasteiger partial charge in [-0.2, -0.15) is 4.31 Å². The van der Waals surface area contributed by atoms with Crippen molar-refractivity contribution in [2.45, 2.75) is 44.6 Å². The molecular formula is C16H23BrN2O3S. The van der Waals surface area contributed by atoms with Gasteiger partial charge in [-0.3, -0.25) is 4.79 Å². The van der Waals surface area contributed by atoms with Crippen LogP contribution in [0.15, 0.2) is 27.6 Å². The lowest BCUT2D eigenvalue weighted by atomic mass is 9.98. The third-order valence-corrected chi connectivity index (χ3v) is 6.46. The van der Waals surface area contributed by atoms with Crippen LogP contribution in [0.4, 0.5) is 0 Å². The van der Waals surface area contributed by atoms with Crippen molar-refractivity contribution >= 4 is 31.9 Å². The van der Waals surface area contributed by atoms with Gasteiger partial charge in [0.1, 0.15) is 0 Å². The maximum absolute atomic E-state index is 12.9. The van der Waals surface area contributed by atoms with Crippen LogP contribution in [-0.4, -0.2) is 37.8 Å². The molecule has 7 heteroatoms. The second kappa shape index (κ2) is 7.32. The Kier molecular flexibility index (Phi) is 5.86. The van der Waals surface area contributed by atoms with Crippen LogP contribution in [0.3, 0.4) is 0 Å². The lowest BCUT2D eigenvalue weighted by Gasteiger charge is -2.32. The molecule has 0 spiro atoms. The van der Waals surface area contributed by atoms with E-state index in [0.29, 0.717) is 23.4 Å². The number of hydrogen-bond acceptors (Lipinski definition) is 3. The number of nitrogens with zero attached hydrogens (tertiary/aromatic N) is 1. The Balaban J connectivity index is 2.21. The van der Waals surface area contributed by atoms with Crippen LogP contribution < -0.4 is 5.32 Å². The highest BCUT2D eigenvalue weighted by Crippen LogP contribution is 2.27. The SMILES string of the molecule is Cc1cc(Br)ccc1S(=O)(=O)N1CCC[C@H](C(=O)NC(C)C)C1. The maximum Gasteiger partial charge on any atom is 0.243 e. The van der Waals surface area contributed by atoms with Crippen LogP contribution in [0, 0.1) is 12.8 Å². The molecule has 1 aromatic carbocycles. The van der Waals surface area contributed by atoms with Gasteiger partial charge in [-0.05, 0) is 57.4 Å². The first-order valence-corrected chi connectivity index (χ1v) is 10.0. The number of rotatable bonds is 4. The molecule has 1 atom stereocenters. The van der Waals surface area contributed by atoms with Gasteiger partial charge in [-0.15, -0.1) is 0 Å². The average Bonchev–Trinajstić information content (AvgIpc) is 2.46. The summed E-state index contributed by atoms with van der Waals surface area (Å²) in [6.07, 6.45) is 1.43. The molecule has 0 aromatic heterocycles. The zero-order valence-electron chi connectivity index (χ0n) is 13.7. The molecule has 2 rings (SSSR count). The van der Waals surface area contributed by atoms with Crippen LogP contribution >= 0.6 is 15.9 Å². The highest BCUT2D eigenvalue weighted by atomic mass is 79.9. The molecule has 23 heavy (non-hydrogen) atoms. The number of sulfonamides is 1. The van der Waals surface area contributed by atoms with Crippen molar-refractivity contribution < 1.29 is 13.2 Å². The number of benzene rings is 1. The Morgan fingerprint density at radius 1 is 1.39 bits per heavy atom. The minimum Gasteiger partial charge on any atom is -0.354 e. The van der Waals surface area contributed by atoms with Crippen molar-refractivity contribution in [2.24, 2.45) is 5.92 Å². The maximum atomic E-state index is 12.9. The fourth-order valence-corrected chi connectivity index (χ4v) is 5.02. The number of amides is 1. The van der Waals surface area contributed by atoms with E-state index in [2.05, 4.69) is 21.2 Å². The van der Waals surface area contributed by atoms with Crippen LogP contribution in [-0.2, 0) is 14.8 Å². The molecule has 0 saturated carbocycles. The molecular weight excluding hydrogens is 380 g/mol. The fraction of sp³-hybridized carbons (Fsp3) is 0.562. The van der Waals surface area contributed by atoms with Crippen molar-refractivity contribution in [1.29, 1.82) is 0 Å². The lowest BCUT2D eigenvalue weighted by molar-refractivity contribution is -0.126. The number of piperidine rings is 1. The van der Waals surface area contributed by atoms with E-state index in [-0.39, 0.29) is 24.4 Å². The number of hydrogen-bond donors (Lipinski definition) is 1. The minimum absolute atomic E-state index is 0.0585. The molecule has 1 N–H and O–H groups in total. The van der Waals surface area contributed by atoms with Gasteiger partial charge in [0.05, 0.1) is 10.8 Å². The summed E-state index contributed by atoms with van der Waals surface area (Å²) >= 11 is 3.35. The Morgan fingerprint density at radius 3 is 2.70 bits per heavy atom. The van der Waals surface area contributed by atoms with E-state index in [4.69, 9.17) is 0 Å². The molecule has 5 nitrogen and oxygen atoms in total. The van der Waals surface area contributed by atoms with E-state index in [9.17, 15) is 13.2 Å². The summed E-state index contributed by atoms with van der Waals surface area (Å²) in [4.78, 5) is 12.5. The van der Waals surface area contributed by atoms with Crippen molar-refractivity contribution in [3.05, 3.63) is 28.2 Å².